The van der Waals surface area contributed by atoms with E-state index in [1.807, 2.05) is 0 Å². The fourth-order valence-electron chi connectivity index (χ4n) is 1.65. The minimum absolute atomic E-state index is 0.111. The first-order valence-corrected chi connectivity index (χ1v) is 7.45. The minimum atomic E-state index is -1.30. The second-order valence-corrected chi connectivity index (χ2v) is 5.92. The summed E-state index contributed by atoms with van der Waals surface area (Å²) in [5, 5.41) is 0.238. The molecule has 2 aromatic carbocycles. The summed E-state index contributed by atoms with van der Waals surface area (Å²) < 4.78 is 38.2. The quantitative estimate of drug-likeness (QED) is 0.832. The van der Waals surface area contributed by atoms with Crippen LogP contribution in [0.15, 0.2) is 42.5 Å². The van der Waals surface area contributed by atoms with Crippen molar-refractivity contribution < 1.29 is 13.0 Å². The van der Waals surface area contributed by atoms with Gasteiger partial charge in [0.05, 0.1) is 11.5 Å². The van der Waals surface area contributed by atoms with Crippen LogP contribution < -0.4 is 0 Å². The molecule has 0 amide bonds. The largest absolute Gasteiger partial charge is 0.259 e. The molecular formula is C14H11ClF2OS. The van der Waals surface area contributed by atoms with Gasteiger partial charge in [-0.05, 0) is 23.8 Å². The molecule has 0 saturated heterocycles. The summed E-state index contributed by atoms with van der Waals surface area (Å²) in [6, 6.07) is 10.1. The van der Waals surface area contributed by atoms with Crippen molar-refractivity contribution >= 4 is 22.4 Å². The van der Waals surface area contributed by atoms with Crippen LogP contribution in [0.3, 0.4) is 0 Å². The lowest BCUT2D eigenvalue weighted by atomic mass is 10.2. The Morgan fingerprint density at radius 1 is 1.00 bits per heavy atom. The van der Waals surface area contributed by atoms with Crippen LogP contribution in [0.2, 0.25) is 5.02 Å². The van der Waals surface area contributed by atoms with E-state index in [2.05, 4.69) is 0 Å². The molecular weight excluding hydrogens is 290 g/mol. The molecule has 0 N–H and O–H groups in total. The highest BCUT2D eigenvalue weighted by Gasteiger charge is 2.10. The van der Waals surface area contributed by atoms with Crippen LogP contribution in [-0.4, -0.2) is 4.21 Å². The Kier molecular flexibility index (Phi) is 4.66. The lowest BCUT2D eigenvalue weighted by Crippen LogP contribution is -2.02. The van der Waals surface area contributed by atoms with E-state index in [4.69, 9.17) is 11.6 Å². The molecule has 0 aliphatic carbocycles. The van der Waals surface area contributed by atoms with Crippen LogP contribution in [0.25, 0.3) is 0 Å². The number of halogens is 3. The maximum absolute atomic E-state index is 13.4. The summed E-state index contributed by atoms with van der Waals surface area (Å²) in [6.07, 6.45) is 0. The highest BCUT2D eigenvalue weighted by atomic mass is 35.5. The van der Waals surface area contributed by atoms with E-state index < -0.39 is 16.6 Å². The molecule has 0 spiro atoms. The second-order valence-electron chi connectivity index (χ2n) is 4.06. The van der Waals surface area contributed by atoms with Crippen molar-refractivity contribution in [3.05, 3.63) is 70.2 Å². The maximum atomic E-state index is 13.4. The molecule has 0 bridgehead atoms. The molecule has 0 aliphatic heterocycles. The molecule has 0 aliphatic rings. The van der Waals surface area contributed by atoms with E-state index in [0.717, 1.165) is 0 Å². The van der Waals surface area contributed by atoms with Crippen molar-refractivity contribution in [2.45, 2.75) is 11.5 Å². The third-order valence-corrected chi connectivity index (χ3v) is 4.22. The topological polar surface area (TPSA) is 17.1 Å². The lowest BCUT2D eigenvalue weighted by Gasteiger charge is -2.06. The Hall–Kier alpha value is -1.26. The summed E-state index contributed by atoms with van der Waals surface area (Å²) in [6.45, 7) is 0. The SMILES string of the molecule is O=S(Cc1ccccc1F)Cc1ccc(F)cc1Cl. The number of rotatable bonds is 4. The average Bonchev–Trinajstić information content (AvgIpc) is 2.36. The van der Waals surface area contributed by atoms with Gasteiger partial charge < -0.3 is 0 Å². The highest BCUT2D eigenvalue weighted by molar-refractivity contribution is 7.83. The van der Waals surface area contributed by atoms with Crippen molar-refractivity contribution in [1.82, 2.24) is 0 Å². The number of benzene rings is 2. The van der Waals surface area contributed by atoms with Gasteiger partial charge >= 0.3 is 0 Å². The van der Waals surface area contributed by atoms with Gasteiger partial charge in [-0.15, -0.1) is 0 Å². The molecule has 0 aromatic heterocycles. The van der Waals surface area contributed by atoms with Crippen LogP contribution >= 0.6 is 11.6 Å². The molecule has 0 saturated carbocycles. The summed E-state index contributed by atoms with van der Waals surface area (Å²) in [5.74, 6) is -0.525. The first-order chi connectivity index (χ1) is 9.06. The van der Waals surface area contributed by atoms with Crippen LogP contribution in [0.4, 0.5) is 8.78 Å². The third kappa shape index (κ3) is 3.85. The van der Waals surface area contributed by atoms with Crippen LogP contribution in [-0.2, 0) is 22.3 Å². The van der Waals surface area contributed by atoms with Crippen molar-refractivity contribution in [3.8, 4) is 0 Å². The molecule has 5 heteroatoms. The summed E-state index contributed by atoms with van der Waals surface area (Å²) in [5.41, 5.74) is 0.997. The van der Waals surface area contributed by atoms with E-state index in [1.165, 1.54) is 24.3 Å². The van der Waals surface area contributed by atoms with E-state index in [-0.39, 0.29) is 22.3 Å². The fourth-order valence-corrected chi connectivity index (χ4v) is 3.25. The van der Waals surface area contributed by atoms with Gasteiger partial charge in [-0.1, -0.05) is 35.9 Å². The molecule has 0 fully saturated rings. The van der Waals surface area contributed by atoms with Crippen LogP contribution in [0, 0.1) is 11.6 Å². The second kappa shape index (κ2) is 6.26. The maximum Gasteiger partial charge on any atom is 0.127 e. The standard InChI is InChI=1S/C14H11ClF2OS/c15-13-7-12(16)6-5-10(13)8-19(18)9-11-3-1-2-4-14(11)17/h1-7H,8-9H2. The van der Waals surface area contributed by atoms with Crippen molar-refractivity contribution in [3.63, 3.8) is 0 Å². The zero-order chi connectivity index (χ0) is 13.8. The van der Waals surface area contributed by atoms with Crippen LogP contribution in [0.5, 0.6) is 0 Å². The summed E-state index contributed by atoms with van der Waals surface area (Å²) in [7, 11) is -1.30. The minimum Gasteiger partial charge on any atom is -0.259 e. The molecule has 1 nitrogen and oxygen atoms in total. The zero-order valence-electron chi connectivity index (χ0n) is 9.91. The van der Waals surface area contributed by atoms with Gasteiger partial charge in [0.2, 0.25) is 0 Å². The number of hydrogen-bond donors (Lipinski definition) is 0. The van der Waals surface area contributed by atoms with Gasteiger partial charge in [-0.2, -0.15) is 0 Å². The van der Waals surface area contributed by atoms with Crippen molar-refractivity contribution in [2.75, 3.05) is 0 Å². The normalized spacial score (nSPS) is 12.4. The van der Waals surface area contributed by atoms with Gasteiger partial charge in [0.25, 0.3) is 0 Å². The molecule has 0 radical (unpaired) electrons. The monoisotopic (exact) mass is 300 g/mol. The molecule has 19 heavy (non-hydrogen) atoms. The number of hydrogen-bond acceptors (Lipinski definition) is 1. The molecule has 1 atom stereocenters. The van der Waals surface area contributed by atoms with Gasteiger partial charge in [0, 0.05) is 21.4 Å². The smallest absolute Gasteiger partial charge is 0.127 e. The first kappa shape index (κ1) is 14.2. The van der Waals surface area contributed by atoms with Gasteiger partial charge in [-0.3, -0.25) is 4.21 Å². The van der Waals surface area contributed by atoms with E-state index in [1.54, 1.807) is 18.2 Å². The molecule has 2 rings (SSSR count). The van der Waals surface area contributed by atoms with E-state index >= 15 is 0 Å². The van der Waals surface area contributed by atoms with E-state index in [0.29, 0.717) is 11.1 Å². The predicted molar refractivity (Wildman–Crippen MR) is 73.4 cm³/mol. The average molecular weight is 301 g/mol. The Morgan fingerprint density at radius 2 is 1.68 bits per heavy atom. The summed E-state index contributed by atoms with van der Waals surface area (Å²) in [4.78, 5) is 0. The molecule has 1 unspecified atom stereocenters. The molecule has 2 aromatic rings. The predicted octanol–water partition coefficient (Wildman–Crippen LogP) is 4.07. The zero-order valence-corrected chi connectivity index (χ0v) is 11.5. The molecule has 0 heterocycles. The first-order valence-electron chi connectivity index (χ1n) is 5.58. The Bertz CT molecular complexity index is 616. The van der Waals surface area contributed by atoms with Gasteiger partial charge in [-0.25, -0.2) is 8.78 Å². The Labute approximate surface area is 117 Å². The fraction of sp³-hybridized carbons (Fsp3) is 0.143. The van der Waals surface area contributed by atoms with Crippen LogP contribution in [0.1, 0.15) is 11.1 Å². The Balaban J connectivity index is 2.08. The van der Waals surface area contributed by atoms with Crippen molar-refractivity contribution in [2.24, 2.45) is 0 Å². The van der Waals surface area contributed by atoms with E-state index in [9.17, 15) is 13.0 Å². The lowest BCUT2D eigenvalue weighted by molar-refractivity contribution is 0.615. The van der Waals surface area contributed by atoms with Crippen molar-refractivity contribution in [1.29, 1.82) is 0 Å². The van der Waals surface area contributed by atoms with Gasteiger partial charge in [0.1, 0.15) is 11.6 Å². The molecule has 100 valence electrons. The van der Waals surface area contributed by atoms with Gasteiger partial charge in [0.15, 0.2) is 0 Å². The third-order valence-electron chi connectivity index (χ3n) is 2.61. The highest BCUT2D eigenvalue weighted by Crippen LogP contribution is 2.20. The summed E-state index contributed by atoms with van der Waals surface area (Å²) >= 11 is 5.86. The Morgan fingerprint density at radius 3 is 2.37 bits per heavy atom.